The minimum atomic E-state index is -0.515. The predicted octanol–water partition coefficient (Wildman–Crippen LogP) is -0.318. The van der Waals surface area contributed by atoms with Crippen LogP contribution in [0.3, 0.4) is 0 Å². The number of rotatable bonds is 4. The summed E-state index contributed by atoms with van der Waals surface area (Å²) in [7, 11) is 0. The maximum absolute atomic E-state index is 11.6. The monoisotopic (exact) mass is 229 g/mol. The summed E-state index contributed by atoms with van der Waals surface area (Å²) in [5.41, 5.74) is 5.13. The molecule has 6 nitrogen and oxygen atoms in total. The molecule has 1 fully saturated rings. The van der Waals surface area contributed by atoms with Gasteiger partial charge in [0.25, 0.3) is 0 Å². The normalized spacial score (nSPS) is 20.2. The quantitative estimate of drug-likeness (QED) is 0.692. The molecule has 1 heterocycles. The van der Waals surface area contributed by atoms with Gasteiger partial charge in [-0.3, -0.25) is 9.69 Å². The molecule has 0 aromatic carbocycles. The largest absolute Gasteiger partial charge is 0.450 e. The van der Waals surface area contributed by atoms with Crippen molar-refractivity contribution in [2.45, 2.75) is 25.8 Å². The van der Waals surface area contributed by atoms with E-state index in [1.165, 1.54) is 4.90 Å². The lowest BCUT2D eigenvalue weighted by molar-refractivity contribution is -0.119. The average Bonchev–Trinajstić information content (AvgIpc) is 2.27. The van der Waals surface area contributed by atoms with E-state index < -0.39 is 12.0 Å². The first-order valence-electron chi connectivity index (χ1n) is 5.57. The number of hydrogen-bond acceptors (Lipinski definition) is 4. The van der Waals surface area contributed by atoms with Crippen LogP contribution in [0.5, 0.6) is 0 Å². The van der Waals surface area contributed by atoms with E-state index in [0.29, 0.717) is 13.2 Å². The van der Waals surface area contributed by atoms with Crippen LogP contribution in [-0.4, -0.2) is 49.2 Å². The molecule has 0 aliphatic carbocycles. The Hall–Kier alpha value is -1.30. The summed E-state index contributed by atoms with van der Waals surface area (Å²) in [5.74, 6) is -0.515. The van der Waals surface area contributed by atoms with Gasteiger partial charge in [-0.1, -0.05) is 0 Å². The number of carbonyl (C=O) groups excluding carboxylic acids is 2. The van der Waals surface area contributed by atoms with Crippen molar-refractivity contribution in [1.82, 2.24) is 10.2 Å². The Labute approximate surface area is 95.1 Å². The number of ether oxygens (including phenoxy) is 1. The van der Waals surface area contributed by atoms with E-state index in [1.807, 2.05) is 0 Å². The second-order valence-corrected chi connectivity index (χ2v) is 3.79. The molecule has 92 valence electrons. The van der Waals surface area contributed by atoms with Crippen molar-refractivity contribution in [3.63, 3.8) is 0 Å². The van der Waals surface area contributed by atoms with E-state index >= 15 is 0 Å². The molecule has 0 saturated carbocycles. The fourth-order valence-corrected chi connectivity index (χ4v) is 1.82. The van der Waals surface area contributed by atoms with Crippen molar-refractivity contribution >= 4 is 12.0 Å². The third-order valence-electron chi connectivity index (χ3n) is 2.54. The van der Waals surface area contributed by atoms with Crippen molar-refractivity contribution in [1.29, 1.82) is 0 Å². The number of amides is 2. The summed E-state index contributed by atoms with van der Waals surface area (Å²) < 4.78 is 4.91. The van der Waals surface area contributed by atoms with Crippen LogP contribution in [0.15, 0.2) is 0 Å². The summed E-state index contributed by atoms with van der Waals surface area (Å²) in [4.78, 5) is 24.0. The lowest BCUT2D eigenvalue weighted by Crippen LogP contribution is -2.51. The molecule has 0 aromatic rings. The SMILES string of the molecule is CCOC(=O)N(CC(N)=O)C1CCCNC1. The highest BCUT2D eigenvalue weighted by Gasteiger charge is 2.27. The van der Waals surface area contributed by atoms with Gasteiger partial charge < -0.3 is 15.8 Å². The van der Waals surface area contributed by atoms with Gasteiger partial charge in [-0.25, -0.2) is 4.79 Å². The third kappa shape index (κ3) is 3.69. The molecule has 1 aliphatic heterocycles. The van der Waals surface area contributed by atoms with Gasteiger partial charge in [-0.15, -0.1) is 0 Å². The zero-order valence-electron chi connectivity index (χ0n) is 9.57. The molecule has 0 spiro atoms. The smallest absolute Gasteiger partial charge is 0.410 e. The Kier molecular flexibility index (Phi) is 5.04. The Bertz CT molecular complexity index is 252. The molecule has 1 atom stereocenters. The Morgan fingerprint density at radius 3 is 2.81 bits per heavy atom. The summed E-state index contributed by atoms with van der Waals surface area (Å²) in [6.45, 7) is 3.59. The predicted molar refractivity (Wildman–Crippen MR) is 58.8 cm³/mol. The zero-order chi connectivity index (χ0) is 12.0. The van der Waals surface area contributed by atoms with Crippen LogP contribution < -0.4 is 11.1 Å². The molecule has 1 unspecified atom stereocenters. The maximum atomic E-state index is 11.6. The van der Waals surface area contributed by atoms with Gasteiger partial charge in [0.05, 0.1) is 6.61 Å². The van der Waals surface area contributed by atoms with Crippen molar-refractivity contribution in [3.8, 4) is 0 Å². The van der Waals surface area contributed by atoms with Crippen LogP contribution in [-0.2, 0) is 9.53 Å². The van der Waals surface area contributed by atoms with Gasteiger partial charge in [0.15, 0.2) is 0 Å². The van der Waals surface area contributed by atoms with E-state index in [1.54, 1.807) is 6.92 Å². The van der Waals surface area contributed by atoms with Crippen molar-refractivity contribution in [2.75, 3.05) is 26.2 Å². The fraction of sp³-hybridized carbons (Fsp3) is 0.800. The number of nitrogens with two attached hydrogens (primary N) is 1. The molecule has 6 heteroatoms. The van der Waals surface area contributed by atoms with Crippen LogP contribution in [0.1, 0.15) is 19.8 Å². The lowest BCUT2D eigenvalue weighted by Gasteiger charge is -2.32. The summed E-state index contributed by atoms with van der Waals surface area (Å²) in [6, 6.07) is 0.000278. The van der Waals surface area contributed by atoms with Crippen molar-refractivity contribution < 1.29 is 14.3 Å². The number of hydrogen-bond donors (Lipinski definition) is 2. The van der Waals surface area contributed by atoms with Crippen LogP contribution in [0.2, 0.25) is 0 Å². The summed E-state index contributed by atoms with van der Waals surface area (Å²) >= 11 is 0. The first kappa shape index (κ1) is 12.8. The summed E-state index contributed by atoms with van der Waals surface area (Å²) in [5, 5.41) is 3.18. The lowest BCUT2D eigenvalue weighted by atomic mass is 10.1. The molecule has 16 heavy (non-hydrogen) atoms. The van der Waals surface area contributed by atoms with Gasteiger partial charge in [-0.2, -0.15) is 0 Å². The minimum Gasteiger partial charge on any atom is -0.450 e. The van der Waals surface area contributed by atoms with Gasteiger partial charge in [0.2, 0.25) is 5.91 Å². The highest BCUT2D eigenvalue weighted by molar-refractivity contribution is 5.81. The first-order chi connectivity index (χ1) is 7.65. The molecule has 1 saturated heterocycles. The van der Waals surface area contributed by atoms with Gasteiger partial charge in [0, 0.05) is 12.6 Å². The molecular weight excluding hydrogens is 210 g/mol. The third-order valence-corrected chi connectivity index (χ3v) is 2.54. The number of nitrogens with zero attached hydrogens (tertiary/aromatic N) is 1. The maximum Gasteiger partial charge on any atom is 0.410 e. The number of primary amides is 1. The van der Waals surface area contributed by atoms with Gasteiger partial charge in [0.1, 0.15) is 6.54 Å². The standard InChI is InChI=1S/C10H19N3O3/c1-2-16-10(15)13(7-9(11)14)8-4-3-5-12-6-8/h8,12H,2-7H2,1H3,(H2,11,14). The van der Waals surface area contributed by atoms with Crippen LogP contribution in [0, 0.1) is 0 Å². The Morgan fingerprint density at radius 1 is 1.56 bits per heavy atom. The van der Waals surface area contributed by atoms with E-state index in [9.17, 15) is 9.59 Å². The average molecular weight is 229 g/mol. The minimum absolute atomic E-state index is 0.000278. The number of piperidine rings is 1. The van der Waals surface area contributed by atoms with E-state index in [0.717, 1.165) is 19.4 Å². The first-order valence-corrected chi connectivity index (χ1v) is 5.57. The fourth-order valence-electron chi connectivity index (χ4n) is 1.82. The Morgan fingerprint density at radius 2 is 2.31 bits per heavy atom. The van der Waals surface area contributed by atoms with Gasteiger partial charge in [-0.05, 0) is 26.3 Å². The van der Waals surface area contributed by atoms with E-state index in [-0.39, 0.29) is 12.6 Å². The Balaban J connectivity index is 2.60. The van der Waals surface area contributed by atoms with Crippen molar-refractivity contribution in [3.05, 3.63) is 0 Å². The molecule has 0 bridgehead atoms. The van der Waals surface area contributed by atoms with Crippen LogP contribution in [0.4, 0.5) is 4.79 Å². The highest BCUT2D eigenvalue weighted by atomic mass is 16.6. The second-order valence-electron chi connectivity index (χ2n) is 3.79. The number of carbonyl (C=O) groups is 2. The van der Waals surface area contributed by atoms with Crippen molar-refractivity contribution in [2.24, 2.45) is 5.73 Å². The molecule has 3 N–H and O–H groups in total. The molecule has 1 aliphatic rings. The van der Waals surface area contributed by atoms with Crippen LogP contribution in [0.25, 0.3) is 0 Å². The molecule has 2 amide bonds. The van der Waals surface area contributed by atoms with E-state index in [2.05, 4.69) is 5.32 Å². The highest BCUT2D eigenvalue weighted by Crippen LogP contribution is 2.11. The topological polar surface area (TPSA) is 84.7 Å². The zero-order valence-corrected chi connectivity index (χ0v) is 9.57. The molecule has 0 radical (unpaired) electrons. The summed E-state index contributed by atoms with van der Waals surface area (Å²) in [6.07, 6.45) is 1.40. The molecule has 1 rings (SSSR count). The van der Waals surface area contributed by atoms with Crippen LogP contribution >= 0.6 is 0 Å². The van der Waals surface area contributed by atoms with Gasteiger partial charge >= 0.3 is 6.09 Å². The molecular formula is C10H19N3O3. The van der Waals surface area contributed by atoms with E-state index in [4.69, 9.17) is 10.5 Å². The number of nitrogens with one attached hydrogen (secondary N) is 1. The molecule has 0 aromatic heterocycles. The second kappa shape index (κ2) is 6.32.